The lowest BCUT2D eigenvalue weighted by Gasteiger charge is -2.28. The fourth-order valence-electron chi connectivity index (χ4n) is 7.21. The Morgan fingerprint density at radius 1 is 0.929 bits per heavy atom. The lowest BCUT2D eigenvalue weighted by molar-refractivity contribution is -0.0649. The van der Waals surface area contributed by atoms with Crippen LogP contribution in [0.2, 0.25) is 0 Å². The minimum atomic E-state index is -4.68. The van der Waals surface area contributed by atoms with Crippen LogP contribution in [0.4, 0.5) is 5.82 Å². The van der Waals surface area contributed by atoms with Gasteiger partial charge in [0.2, 0.25) is 5.60 Å². The molecule has 6 atom stereocenters. The molecule has 1 fully saturated rings. The van der Waals surface area contributed by atoms with Crippen LogP contribution in [-0.2, 0) is 35.2 Å². The molecule has 5 N–H and O–H groups in total. The molecule has 1 aliphatic rings. The van der Waals surface area contributed by atoms with Crippen LogP contribution in [0.15, 0.2) is 48.8 Å². The normalized spacial score (nSPS) is 21.4. The van der Waals surface area contributed by atoms with Crippen molar-refractivity contribution in [3.8, 4) is 6.07 Å². The van der Waals surface area contributed by atoms with Crippen LogP contribution in [-0.4, -0.2) is 92.4 Å². The van der Waals surface area contributed by atoms with Crippen molar-refractivity contribution < 1.29 is 38.2 Å². The van der Waals surface area contributed by atoms with Crippen molar-refractivity contribution in [1.29, 1.82) is 5.26 Å². The monoisotopic (exact) mass is 800 g/mol. The zero-order valence-electron chi connectivity index (χ0n) is 33.4. The lowest BCUT2D eigenvalue weighted by Crippen LogP contribution is -2.41. The molecule has 1 saturated heterocycles. The molecule has 0 saturated carbocycles. The van der Waals surface area contributed by atoms with E-state index in [0.29, 0.717) is 18.7 Å². The maximum Gasteiger partial charge on any atom is 0.472 e. The second kappa shape index (κ2) is 24.1. The van der Waals surface area contributed by atoms with E-state index in [0.717, 1.165) is 18.4 Å². The van der Waals surface area contributed by atoms with Crippen LogP contribution in [0.5, 0.6) is 0 Å². The smallest absolute Gasteiger partial charge is 0.387 e. The van der Waals surface area contributed by atoms with E-state index in [1.54, 1.807) is 6.07 Å². The van der Waals surface area contributed by atoms with Gasteiger partial charge in [-0.2, -0.15) is 10.4 Å². The minimum absolute atomic E-state index is 0.102. The van der Waals surface area contributed by atoms with E-state index in [4.69, 9.17) is 24.3 Å². The maximum atomic E-state index is 13.1. The molecule has 56 heavy (non-hydrogen) atoms. The molecule has 0 aliphatic carbocycles. The highest BCUT2D eigenvalue weighted by Crippen LogP contribution is 2.46. The van der Waals surface area contributed by atoms with Crippen LogP contribution < -0.4 is 5.73 Å². The summed E-state index contributed by atoms with van der Waals surface area (Å²) in [6.45, 7) is 2.87. The number of nitrogens with two attached hydrogens (primary N) is 1. The molecule has 2 aromatic heterocycles. The summed E-state index contributed by atoms with van der Waals surface area (Å²) in [5, 5.41) is 36.1. The van der Waals surface area contributed by atoms with Gasteiger partial charge in [0, 0.05) is 13.2 Å². The average molecular weight is 801 g/mol. The molecule has 0 spiro atoms. The summed E-state index contributed by atoms with van der Waals surface area (Å²) >= 11 is 0. The van der Waals surface area contributed by atoms with Gasteiger partial charge in [-0.1, -0.05) is 134 Å². The summed E-state index contributed by atoms with van der Waals surface area (Å²) in [4.78, 5) is 16.6. The van der Waals surface area contributed by atoms with Gasteiger partial charge in [-0.05, 0) is 31.2 Å². The Bertz CT molecular complexity index is 1640. The number of benzene rings is 1. The van der Waals surface area contributed by atoms with Gasteiger partial charge in [-0.3, -0.25) is 13.9 Å². The number of anilines is 1. The average Bonchev–Trinajstić information content (AvgIpc) is 3.74. The van der Waals surface area contributed by atoms with E-state index in [1.807, 2.05) is 48.3 Å². The Balaban J connectivity index is 1.18. The van der Waals surface area contributed by atoms with Gasteiger partial charge >= 0.3 is 7.82 Å². The summed E-state index contributed by atoms with van der Waals surface area (Å²) < 4.78 is 37.0. The second-order valence-corrected chi connectivity index (χ2v) is 16.5. The van der Waals surface area contributed by atoms with Crippen molar-refractivity contribution in [2.45, 2.75) is 146 Å². The van der Waals surface area contributed by atoms with Gasteiger partial charge in [-0.25, -0.2) is 14.1 Å². The lowest BCUT2D eigenvalue weighted by atomic mass is 9.92. The molecule has 0 amide bonds. The first kappa shape index (κ1) is 45.7. The summed E-state index contributed by atoms with van der Waals surface area (Å²) in [5.41, 5.74) is 5.39. The standard InChI is InChI=1S/C41H65N6O8P/c1-3-4-5-6-7-8-9-10-11-12-13-14-15-16-17-21-26-52-28-34(46(2)27-33-22-19-18-20-23-33)29-53-56(50,51)54-30-36-38(48)39(49)41(31-42,55-36)37-25-24-35-40(43)44-32-45-47(35)37/h18-20,22-25,32,34,36,38-39,48-49H,3-17,21,26-30H2,1-2H3,(H,50,51)(H2,43,44,45)/t34-,36-,38-,39-,41+/m1/s1. The summed E-state index contributed by atoms with van der Waals surface area (Å²) in [7, 11) is -2.78. The van der Waals surface area contributed by atoms with Crippen molar-refractivity contribution in [1.82, 2.24) is 19.5 Å². The predicted octanol–water partition coefficient (Wildman–Crippen LogP) is 7.06. The van der Waals surface area contributed by atoms with Crippen LogP contribution in [0.25, 0.3) is 5.52 Å². The number of likely N-dealkylation sites (N-methyl/N-ethyl adjacent to an activating group) is 1. The van der Waals surface area contributed by atoms with E-state index in [1.165, 1.54) is 107 Å². The van der Waals surface area contributed by atoms with Gasteiger partial charge in [0.05, 0.1) is 31.6 Å². The molecule has 4 rings (SSSR count). The van der Waals surface area contributed by atoms with E-state index < -0.39 is 38.3 Å². The third kappa shape index (κ3) is 13.9. The number of aromatic nitrogens is 3. The number of nitriles is 1. The Hall–Kier alpha value is -2.96. The molecule has 312 valence electrons. The zero-order valence-corrected chi connectivity index (χ0v) is 34.3. The number of phosphoric acid groups is 1. The van der Waals surface area contributed by atoms with Crippen LogP contribution in [0.1, 0.15) is 121 Å². The van der Waals surface area contributed by atoms with Crippen molar-refractivity contribution >= 4 is 19.2 Å². The number of aliphatic hydroxyl groups is 2. The number of hydrogen-bond donors (Lipinski definition) is 4. The first-order valence-corrected chi connectivity index (χ1v) is 22.1. The number of ether oxygens (including phenoxy) is 2. The molecule has 1 unspecified atom stereocenters. The summed E-state index contributed by atoms with van der Waals surface area (Å²) in [6.07, 6.45) is 17.2. The number of nitrogen functional groups attached to an aromatic ring is 1. The van der Waals surface area contributed by atoms with Gasteiger partial charge < -0.3 is 30.3 Å². The third-order valence-electron chi connectivity index (χ3n) is 10.7. The Morgan fingerprint density at radius 3 is 2.14 bits per heavy atom. The van der Waals surface area contributed by atoms with Crippen LogP contribution >= 0.6 is 7.82 Å². The maximum absolute atomic E-state index is 13.1. The number of nitrogens with zero attached hydrogens (tertiary/aromatic N) is 5. The van der Waals surface area contributed by atoms with E-state index in [-0.39, 0.29) is 30.8 Å². The largest absolute Gasteiger partial charge is 0.472 e. The Labute approximate surface area is 332 Å². The molecule has 1 aromatic carbocycles. The molecule has 3 heterocycles. The van der Waals surface area contributed by atoms with Crippen LogP contribution in [0.3, 0.4) is 0 Å². The molecule has 0 bridgehead atoms. The number of rotatable bonds is 29. The first-order valence-electron chi connectivity index (χ1n) is 20.6. The van der Waals surface area contributed by atoms with E-state index in [9.17, 15) is 24.9 Å². The Morgan fingerprint density at radius 2 is 1.54 bits per heavy atom. The van der Waals surface area contributed by atoms with Crippen LogP contribution in [0, 0.1) is 11.3 Å². The number of fused-ring (bicyclic) bond motifs is 1. The molecule has 0 radical (unpaired) electrons. The molecule has 3 aromatic rings. The van der Waals surface area contributed by atoms with Crippen molar-refractivity contribution in [3.05, 3.63) is 60.0 Å². The highest BCUT2D eigenvalue weighted by Gasteiger charge is 2.58. The van der Waals surface area contributed by atoms with Crippen molar-refractivity contribution in [2.75, 3.05) is 39.2 Å². The van der Waals surface area contributed by atoms with Gasteiger partial charge in [0.1, 0.15) is 36.2 Å². The highest BCUT2D eigenvalue weighted by molar-refractivity contribution is 7.47. The Kier molecular flexibility index (Phi) is 19.7. The topological polar surface area (TPSA) is 198 Å². The predicted molar refractivity (Wildman–Crippen MR) is 215 cm³/mol. The number of phosphoric ester groups is 1. The van der Waals surface area contributed by atoms with Gasteiger partial charge in [0.25, 0.3) is 0 Å². The van der Waals surface area contributed by atoms with Crippen molar-refractivity contribution in [2.24, 2.45) is 0 Å². The number of unbranched alkanes of at least 4 members (excludes halogenated alkanes) is 15. The highest BCUT2D eigenvalue weighted by atomic mass is 31.2. The zero-order chi connectivity index (χ0) is 40.2. The fraction of sp³-hybridized carbons (Fsp3) is 0.683. The van der Waals surface area contributed by atoms with Gasteiger partial charge in [0.15, 0.2) is 5.82 Å². The van der Waals surface area contributed by atoms with Crippen molar-refractivity contribution in [3.63, 3.8) is 0 Å². The van der Waals surface area contributed by atoms with E-state index >= 15 is 0 Å². The summed E-state index contributed by atoms with van der Waals surface area (Å²) in [5.74, 6) is 0.143. The molecule has 15 heteroatoms. The molecular formula is C41H65N6O8P. The molecule has 1 aliphatic heterocycles. The molecular weight excluding hydrogens is 735 g/mol. The second-order valence-electron chi connectivity index (χ2n) is 15.1. The summed E-state index contributed by atoms with van der Waals surface area (Å²) in [6, 6.07) is 14.5. The fourth-order valence-corrected chi connectivity index (χ4v) is 7.98. The minimum Gasteiger partial charge on any atom is -0.387 e. The third-order valence-corrected chi connectivity index (χ3v) is 11.6. The quantitative estimate of drug-likeness (QED) is 0.0412. The SMILES string of the molecule is CCCCCCCCCCCCCCCCCCOC[C@H](COP(=O)(O)OC[C@H]1O[C@@](C#N)(c2ccc3c(N)ncnn23)[C@H](O)[C@@H]1O)N(C)Cc1ccccc1. The molecule has 14 nitrogen and oxygen atoms in total. The first-order chi connectivity index (χ1) is 27.1. The van der Waals surface area contributed by atoms with Gasteiger partial charge in [-0.15, -0.1) is 0 Å². The number of aliphatic hydroxyl groups excluding tert-OH is 2. The van der Waals surface area contributed by atoms with E-state index in [2.05, 4.69) is 17.0 Å². The number of hydrogen-bond acceptors (Lipinski definition) is 12.